The van der Waals surface area contributed by atoms with Gasteiger partial charge in [0.25, 0.3) is 0 Å². The molecule has 17 heavy (non-hydrogen) atoms. The van der Waals surface area contributed by atoms with Crippen LogP contribution in [0.25, 0.3) is 0 Å². The summed E-state index contributed by atoms with van der Waals surface area (Å²) >= 11 is 0. The Morgan fingerprint density at radius 2 is 1.76 bits per heavy atom. The first-order chi connectivity index (χ1) is 7.91. The van der Waals surface area contributed by atoms with Crippen molar-refractivity contribution in [1.29, 1.82) is 0 Å². The molecular formula is C15H32N2. The van der Waals surface area contributed by atoms with Gasteiger partial charge in [-0.25, -0.2) is 0 Å². The van der Waals surface area contributed by atoms with Crippen LogP contribution in [0.2, 0.25) is 0 Å². The van der Waals surface area contributed by atoms with Gasteiger partial charge in [-0.15, -0.1) is 0 Å². The molecule has 2 nitrogen and oxygen atoms in total. The van der Waals surface area contributed by atoms with Gasteiger partial charge in [0.2, 0.25) is 0 Å². The number of hydrogen-bond donors (Lipinski definition) is 2. The van der Waals surface area contributed by atoms with Gasteiger partial charge in [0.1, 0.15) is 0 Å². The molecular weight excluding hydrogens is 208 g/mol. The molecule has 0 unspecified atom stereocenters. The molecule has 0 aliphatic heterocycles. The lowest BCUT2D eigenvalue weighted by Gasteiger charge is -2.38. The molecule has 0 aromatic carbocycles. The summed E-state index contributed by atoms with van der Waals surface area (Å²) in [6.07, 6.45) is 6.08. The number of nitrogens with one attached hydrogen (secondary N) is 2. The highest BCUT2D eigenvalue weighted by molar-refractivity contribution is 5.01. The Morgan fingerprint density at radius 3 is 2.06 bits per heavy atom. The highest BCUT2D eigenvalue weighted by Gasteiger charge is 2.49. The Balaban J connectivity index is 0.000000185. The monoisotopic (exact) mass is 240 g/mol. The molecule has 3 aliphatic rings. The summed E-state index contributed by atoms with van der Waals surface area (Å²) in [6.45, 7) is 14.3. The third-order valence-corrected chi connectivity index (χ3v) is 3.98. The second-order valence-corrected chi connectivity index (χ2v) is 6.87. The topological polar surface area (TPSA) is 24.1 Å². The van der Waals surface area contributed by atoms with E-state index in [0.717, 1.165) is 24.4 Å². The van der Waals surface area contributed by atoms with Crippen LogP contribution in [-0.2, 0) is 0 Å². The van der Waals surface area contributed by atoms with Gasteiger partial charge in [-0.05, 0) is 70.9 Å². The minimum absolute atomic E-state index is 0.300. The Hall–Kier alpha value is -0.0800. The lowest BCUT2D eigenvalue weighted by molar-refractivity contribution is 0.142. The Labute approximate surface area is 108 Å². The zero-order chi connectivity index (χ0) is 12.9. The average Bonchev–Trinajstić information content (AvgIpc) is 2.72. The van der Waals surface area contributed by atoms with Crippen molar-refractivity contribution in [3.05, 3.63) is 0 Å². The van der Waals surface area contributed by atoms with E-state index in [2.05, 4.69) is 45.3 Å². The van der Waals surface area contributed by atoms with Crippen molar-refractivity contribution < 1.29 is 0 Å². The van der Waals surface area contributed by atoms with Crippen molar-refractivity contribution in [2.75, 3.05) is 19.6 Å². The van der Waals surface area contributed by atoms with Gasteiger partial charge >= 0.3 is 0 Å². The molecule has 0 saturated heterocycles. The molecule has 0 spiro atoms. The first-order valence-electron chi connectivity index (χ1n) is 7.36. The minimum atomic E-state index is 0.300. The molecule has 0 aromatic heterocycles. The lowest BCUT2D eigenvalue weighted by atomic mass is 9.70. The predicted molar refractivity (Wildman–Crippen MR) is 76.4 cm³/mol. The van der Waals surface area contributed by atoms with Gasteiger partial charge in [0.05, 0.1) is 0 Å². The minimum Gasteiger partial charge on any atom is -0.316 e. The van der Waals surface area contributed by atoms with Crippen molar-refractivity contribution in [1.82, 2.24) is 10.6 Å². The summed E-state index contributed by atoms with van der Waals surface area (Å²) in [4.78, 5) is 0. The van der Waals surface area contributed by atoms with Crippen LogP contribution in [0.5, 0.6) is 0 Å². The molecule has 0 amide bonds. The van der Waals surface area contributed by atoms with Gasteiger partial charge in [-0.3, -0.25) is 0 Å². The first-order valence-corrected chi connectivity index (χ1v) is 7.36. The van der Waals surface area contributed by atoms with E-state index in [1.54, 1.807) is 0 Å². The van der Waals surface area contributed by atoms with E-state index in [1.165, 1.54) is 32.2 Å². The van der Waals surface area contributed by atoms with Crippen molar-refractivity contribution in [2.45, 2.75) is 65.8 Å². The van der Waals surface area contributed by atoms with Gasteiger partial charge in [-0.2, -0.15) is 0 Å². The summed E-state index contributed by atoms with van der Waals surface area (Å²) in [5.41, 5.74) is 1.08. The fraction of sp³-hybridized carbons (Fsp3) is 1.00. The van der Waals surface area contributed by atoms with Crippen LogP contribution in [0.15, 0.2) is 0 Å². The number of rotatable bonds is 4. The standard InChI is InChI=1S/C9H17N.C6H15N/c1-2-10-7-9-4-3-8(5-9)6-9;1-5-7-6(2,3)4/h8,10H,2-7H2,1H3;7H,5H2,1-4H3. The molecule has 3 aliphatic carbocycles. The van der Waals surface area contributed by atoms with Crippen molar-refractivity contribution in [3.8, 4) is 0 Å². The third-order valence-electron chi connectivity index (χ3n) is 3.98. The Kier molecular flexibility index (Phi) is 5.46. The molecule has 0 heterocycles. The van der Waals surface area contributed by atoms with Crippen LogP contribution in [0.3, 0.4) is 0 Å². The van der Waals surface area contributed by atoms with E-state index in [-0.39, 0.29) is 0 Å². The van der Waals surface area contributed by atoms with Gasteiger partial charge in [0.15, 0.2) is 0 Å². The third kappa shape index (κ3) is 4.97. The Morgan fingerprint density at radius 1 is 1.12 bits per heavy atom. The second kappa shape index (κ2) is 6.19. The summed E-state index contributed by atoms with van der Waals surface area (Å²) in [5, 5.41) is 6.75. The van der Waals surface area contributed by atoms with Crippen molar-refractivity contribution in [3.63, 3.8) is 0 Å². The van der Waals surface area contributed by atoms with E-state index < -0.39 is 0 Å². The van der Waals surface area contributed by atoms with Crippen molar-refractivity contribution in [2.24, 2.45) is 11.3 Å². The molecule has 2 heteroatoms. The molecule has 2 bridgehead atoms. The summed E-state index contributed by atoms with van der Waals surface area (Å²) in [7, 11) is 0. The number of hydrogen-bond acceptors (Lipinski definition) is 2. The van der Waals surface area contributed by atoms with E-state index in [0.29, 0.717) is 5.54 Å². The van der Waals surface area contributed by atoms with Crippen LogP contribution in [-0.4, -0.2) is 25.2 Å². The molecule has 3 rings (SSSR count). The van der Waals surface area contributed by atoms with Crippen LogP contribution >= 0.6 is 0 Å². The van der Waals surface area contributed by atoms with E-state index in [1.807, 2.05) is 0 Å². The van der Waals surface area contributed by atoms with Crippen molar-refractivity contribution >= 4 is 0 Å². The zero-order valence-corrected chi connectivity index (χ0v) is 12.5. The molecule has 3 saturated carbocycles. The quantitative estimate of drug-likeness (QED) is 0.788. The van der Waals surface area contributed by atoms with Gasteiger partial charge in [0, 0.05) is 12.1 Å². The van der Waals surface area contributed by atoms with E-state index in [4.69, 9.17) is 0 Å². The summed E-state index contributed by atoms with van der Waals surface area (Å²) in [5.74, 6) is 1.12. The van der Waals surface area contributed by atoms with Crippen LogP contribution in [0.1, 0.15) is 60.3 Å². The normalized spacial score (nSPS) is 30.5. The molecule has 0 atom stereocenters. The maximum absolute atomic E-state index is 3.47. The van der Waals surface area contributed by atoms with Crippen LogP contribution in [0.4, 0.5) is 0 Å². The maximum atomic E-state index is 3.47. The lowest BCUT2D eigenvalue weighted by Crippen LogP contribution is -2.38. The Bertz CT molecular complexity index is 206. The largest absolute Gasteiger partial charge is 0.316 e. The van der Waals surface area contributed by atoms with Gasteiger partial charge < -0.3 is 10.6 Å². The summed E-state index contributed by atoms with van der Waals surface area (Å²) in [6, 6.07) is 0. The molecule has 0 radical (unpaired) electrons. The highest BCUT2D eigenvalue weighted by atomic mass is 14.9. The number of fused-ring (bicyclic) bond motifs is 1. The molecule has 2 N–H and O–H groups in total. The van der Waals surface area contributed by atoms with Crippen LogP contribution < -0.4 is 10.6 Å². The molecule has 0 aromatic rings. The van der Waals surface area contributed by atoms with E-state index >= 15 is 0 Å². The SMILES string of the molecule is CCNC(C)(C)C.CCNCC12CCC(C1)C2. The van der Waals surface area contributed by atoms with Gasteiger partial charge in [-0.1, -0.05) is 13.8 Å². The maximum Gasteiger partial charge on any atom is 0.00963 e. The zero-order valence-electron chi connectivity index (χ0n) is 12.5. The predicted octanol–water partition coefficient (Wildman–Crippen LogP) is 3.18. The fourth-order valence-corrected chi connectivity index (χ4v) is 3.24. The fourth-order valence-electron chi connectivity index (χ4n) is 3.24. The second-order valence-electron chi connectivity index (χ2n) is 6.87. The smallest absolute Gasteiger partial charge is 0.00963 e. The molecule has 102 valence electrons. The van der Waals surface area contributed by atoms with Crippen LogP contribution in [0, 0.1) is 11.3 Å². The highest BCUT2D eigenvalue weighted by Crippen LogP contribution is 2.58. The summed E-state index contributed by atoms with van der Waals surface area (Å²) < 4.78 is 0. The molecule has 3 fully saturated rings. The average molecular weight is 240 g/mol. The van der Waals surface area contributed by atoms with E-state index in [9.17, 15) is 0 Å². The first kappa shape index (κ1) is 15.0.